The third-order valence-corrected chi connectivity index (χ3v) is 7.24. The molecule has 0 saturated heterocycles. The molecule has 0 aliphatic rings. The van der Waals surface area contributed by atoms with Crippen LogP contribution in [0.15, 0.2) is 101 Å². The van der Waals surface area contributed by atoms with E-state index in [1.165, 1.54) is 11.7 Å². The number of nitrogens with one attached hydrogen (secondary N) is 4. The van der Waals surface area contributed by atoms with Crippen molar-refractivity contribution in [3.63, 3.8) is 0 Å². The lowest BCUT2D eigenvalue weighted by Gasteiger charge is -2.18. The van der Waals surface area contributed by atoms with Crippen molar-refractivity contribution >= 4 is 56.2 Å². The van der Waals surface area contributed by atoms with E-state index in [2.05, 4.69) is 44.1 Å². The molecule has 4 N–H and O–H groups in total. The standard InChI is InChI=1S/C22H24BrN3O4S.C12H17NO2/c1-31(30)15-5-14-24-22(29)19(26-21(28)16-8-10-17(23)11-9-16)12-13-20(27)25-18-6-3-2-4-7-18;1-2-3-9-13-12(14)15-10-11-7-5-4-6-8-11/h2-11,15,19H,12-14H2,1H3,(H,24,29)(H,25,27)(H,26,28);4-8H,2-3,9-10H2,1H3,(H,13,14)/b15-5+;. The van der Waals surface area contributed by atoms with Crippen molar-refractivity contribution in [1.82, 2.24) is 16.0 Å². The summed E-state index contributed by atoms with van der Waals surface area (Å²) in [7, 11) is -1.11. The van der Waals surface area contributed by atoms with E-state index in [1.807, 2.05) is 36.4 Å². The van der Waals surface area contributed by atoms with Gasteiger partial charge in [-0.3, -0.25) is 18.6 Å². The number of rotatable bonds is 15. The number of ether oxygens (including phenoxy) is 1. The number of para-hydroxylation sites is 1. The molecule has 246 valence electrons. The van der Waals surface area contributed by atoms with E-state index in [-0.39, 0.29) is 31.4 Å². The fourth-order valence-electron chi connectivity index (χ4n) is 3.74. The van der Waals surface area contributed by atoms with E-state index in [1.54, 1.807) is 54.6 Å². The number of carbonyl (C=O) groups excluding carboxylic acids is 4. The summed E-state index contributed by atoms with van der Waals surface area (Å²) >= 11 is 3.31. The fraction of sp³-hybridized carbons (Fsp3) is 0.294. The van der Waals surface area contributed by atoms with Gasteiger partial charge in [0.15, 0.2) is 0 Å². The summed E-state index contributed by atoms with van der Waals surface area (Å²) in [6, 6.07) is 24.5. The Kier molecular flexibility index (Phi) is 18.3. The minimum Gasteiger partial charge on any atom is -0.445 e. The van der Waals surface area contributed by atoms with Crippen LogP contribution in [-0.2, 0) is 31.7 Å². The molecule has 0 aliphatic carbocycles. The first-order valence-electron chi connectivity index (χ1n) is 14.8. The molecule has 2 atom stereocenters. The molecular weight excluding hydrogens is 672 g/mol. The van der Waals surface area contributed by atoms with Gasteiger partial charge in [-0.05, 0) is 60.2 Å². The van der Waals surface area contributed by atoms with E-state index in [4.69, 9.17) is 4.74 Å². The van der Waals surface area contributed by atoms with Gasteiger partial charge in [0, 0.05) is 52.3 Å². The third kappa shape index (κ3) is 16.7. The highest BCUT2D eigenvalue weighted by Crippen LogP contribution is 2.12. The van der Waals surface area contributed by atoms with E-state index in [0.717, 1.165) is 22.9 Å². The molecule has 2 unspecified atom stereocenters. The average Bonchev–Trinajstić information content (AvgIpc) is 3.05. The molecule has 0 radical (unpaired) electrons. The smallest absolute Gasteiger partial charge is 0.407 e. The monoisotopic (exact) mass is 712 g/mol. The molecule has 0 saturated carbocycles. The van der Waals surface area contributed by atoms with Crippen LogP contribution in [0.3, 0.4) is 0 Å². The molecule has 10 nitrogen and oxygen atoms in total. The zero-order chi connectivity index (χ0) is 33.6. The zero-order valence-corrected chi connectivity index (χ0v) is 28.4. The Morgan fingerprint density at radius 2 is 1.57 bits per heavy atom. The molecular formula is C34H41BrN4O6S. The van der Waals surface area contributed by atoms with Crippen LogP contribution in [0.4, 0.5) is 10.5 Å². The highest BCUT2D eigenvalue weighted by molar-refractivity contribution is 9.10. The second kappa shape index (κ2) is 22.3. The lowest BCUT2D eigenvalue weighted by Crippen LogP contribution is -2.47. The molecule has 0 spiro atoms. The molecule has 0 fully saturated rings. The summed E-state index contributed by atoms with van der Waals surface area (Å²) in [4.78, 5) is 48.6. The summed E-state index contributed by atoms with van der Waals surface area (Å²) in [6.07, 6.45) is 4.97. The molecule has 3 rings (SSSR count). The Morgan fingerprint density at radius 1 is 0.913 bits per heavy atom. The van der Waals surface area contributed by atoms with Crippen LogP contribution >= 0.6 is 15.9 Å². The summed E-state index contributed by atoms with van der Waals surface area (Å²) in [6.45, 7) is 3.26. The first-order valence-corrected chi connectivity index (χ1v) is 17.2. The van der Waals surface area contributed by atoms with Crippen LogP contribution in [0, 0.1) is 0 Å². The molecule has 46 heavy (non-hydrogen) atoms. The van der Waals surface area contributed by atoms with Crippen molar-refractivity contribution in [1.29, 1.82) is 0 Å². The number of unbranched alkanes of at least 4 members (excludes halogenated alkanes) is 1. The lowest BCUT2D eigenvalue weighted by atomic mass is 10.1. The Bertz CT molecular complexity index is 1420. The number of carbonyl (C=O) groups is 4. The van der Waals surface area contributed by atoms with Crippen molar-refractivity contribution in [3.05, 3.63) is 112 Å². The predicted octanol–water partition coefficient (Wildman–Crippen LogP) is 5.69. The maximum atomic E-state index is 12.6. The molecule has 3 aromatic rings. The van der Waals surface area contributed by atoms with Gasteiger partial charge in [0.25, 0.3) is 5.91 Å². The topological polar surface area (TPSA) is 143 Å². The van der Waals surface area contributed by atoms with Crippen LogP contribution in [-0.4, -0.2) is 53.4 Å². The first-order chi connectivity index (χ1) is 22.2. The Labute approximate surface area is 281 Å². The van der Waals surface area contributed by atoms with Crippen LogP contribution in [0.2, 0.25) is 0 Å². The lowest BCUT2D eigenvalue weighted by molar-refractivity contribution is -0.123. The van der Waals surface area contributed by atoms with Gasteiger partial charge in [-0.2, -0.15) is 0 Å². The Morgan fingerprint density at radius 3 is 2.20 bits per heavy atom. The van der Waals surface area contributed by atoms with Crippen LogP contribution in [0.25, 0.3) is 0 Å². The quantitative estimate of drug-likeness (QED) is 0.149. The Hall–Kier alpha value is -4.29. The summed E-state index contributed by atoms with van der Waals surface area (Å²) < 4.78 is 16.9. The number of amides is 4. The van der Waals surface area contributed by atoms with Crippen LogP contribution in [0.5, 0.6) is 0 Å². The van der Waals surface area contributed by atoms with Gasteiger partial charge in [-0.1, -0.05) is 83.9 Å². The molecule has 3 aromatic carbocycles. The van der Waals surface area contributed by atoms with Crippen molar-refractivity contribution in [2.45, 2.75) is 45.3 Å². The number of benzene rings is 3. The second-order valence-corrected chi connectivity index (χ2v) is 12.1. The van der Waals surface area contributed by atoms with Crippen molar-refractivity contribution in [2.24, 2.45) is 0 Å². The molecule has 0 aromatic heterocycles. The maximum Gasteiger partial charge on any atom is 0.407 e. The minimum absolute atomic E-state index is 0.0441. The molecule has 0 heterocycles. The highest BCUT2D eigenvalue weighted by atomic mass is 79.9. The van der Waals surface area contributed by atoms with Gasteiger partial charge in [0.2, 0.25) is 11.8 Å². The van der Waals surface area contributed by atoms with Crippen LogP contribution in [0.1, 0.15) is 48.5 Å². The predicted molar refractivity (Wildman–Crippen MR) is 185 cm³/mol. The van der Waals surface area contributed by atoms with Crippen molar-refractivity contribution in [3.8, 4) is 0 Å². The van der Waals surface area contributed by atoms with Crippen molar-refractivity contribution in [2.75, 3.05) is 24.7 Å². The largest absolute Gasteiger partial charge is 0.445 e. The minimum atomic E-state index is -1.11. The van der Waals surface area contributed by atoms with Crippen LogP contribution < -0.4 is 21.3 Å². The van der Waals surface area contributed by atoms with Gasteiger partial charge in [0.1, 0.15) is 12.6 Å². The molecule has 0 bridgehead atoms. The second-order valence-electron chi connectivity index (χ2n) is 9.94. The van der Waals surface area contributed by atoms with Gasteiger partial charge >= 0.3 is 6.09 Å². The zero-order valence-electron chi connectivity index (χ0n) is 26.0. The van der Waals surface area contributed by atoms with Crippen molar-refractivity contribution < 1.29 is 28.1 Å². The number of hydrogen-bond donors (Lipinski definition) is 4. The fourth-order valence-corrected chi connectivity index (χ4v) is 4.37. The average molecular weight is 714 g/mol. The van der Waals surface area contributed by atoms with Gasteiger partial charge in [-0.15, -0.1) is 0 Å². The maximum absolute atomic E-state index is 12.6. The molecule has 0 aliphatic heterocycles. The molecule has 4 amide bonds. The van der Waals surface area contributed by atoms with Gasteiger partial charge in [-0.25, -0.2) is 4.79 Å². The third-order valence-electron chi connectivity index (χ3n) is 6.14. The van der Waals surface area contributed by atoms with E-state index in [0.29, 0.717) is 24.4 Å². The summed E-state index contributed by atoms with van der Waals surface area (Å²) in [5.74, 6) is -1.10. The number of hydrogen-bond acceptors (Lipinski definition) is 6. The van der Waals surface area contributed by atoms with E-state index < -0.39 is 28.7 Å². The van der Waals surface area contributed by atoms with Gasteiger partial charge in [0.05, 0.1) is 0 Å². The SMILES string of the molecule is CCCCNC(=O)OCc1ccccc1.CS(=O)/C=C/CNC(=O)C(CCC(=O)Nc1ccccc1)NC(=O)c1ccc(Br)cc1. The Balaban J connectivity index is 0.000000410. The van der Waals surface area contributed by atoms with E-state index in [9.17, 15) is 23.4 Å². The summed E-state index contributed by atoms with van der Waals surface area (Å²) in [5, 5.41) is 12.3. The first kappa shape index (κ1) is 37.9. The number of anilines is 1. The summed E-state index contributed by atoms with van der Waals surface area (Å²) in [5.41, 5.74) is 2.06. The van der Waals surface area contributed by atoms with E-state index >= 15 is 0 Å². The highest BCUT2D eigenvalue weighted by Gasteiger charge is 2.22. The number of halogens is 1. The normalized spacial score (nSPS) is 11.7. The molecule has 12 heteroatoms. The number of alkyl carbamates (subject to hydrolysis) is 1. The van der Waals surface area contributed by atoms with Gasteiger partial charge < -0.3 is 26.0 Å².